The van der Waals surface area contributed by atoms with Crippen LogP contribution >= 0.6 is 0 Å². The summed E-state index contributed by atoms with van der Waals surface area (Å²) in [5.74, 6) is 0.236. The second-order valence-corrected chi connectivity index (χ2v) is 5.85. The topological polar surface area (TPSA) is 73.1 Å². The summed E-state index contributed by atoms with van der Waals surface area (Å²) in [7, 11) is -3.71. The fourth-order valence-electron chi connectivity index (χ4n) is 1.77. The van der Waals surface area contributed by atoms with Crippen LogP contribution in [0.3, 0.4) is 0 Å². The largest absolute Gasteiger partial charge is 0.264 e. The summed E-state index contributed by atoms with van der Waals surface area (Å²) in [6, 6.07) is 5.25. The van der Waals surface area contributed by atoms with E-state index in [0.717, 1.165) is 10.9 Å². The summed E-state index contributed by atoms with van der Waals surface area (Å²) in [6.07, 6.45) is 3.21. The second kappa shape index (κ2) is 4.09. The second-order valence-electron chi connectivity index (χ2n) is 4.32. The molecule has 0 saturated carbocycles. The average Bonchev–Trinajstić information content (AvgIpc) is 2.26. The zero-order chi connectivity index (χ0) is 12.6. The van der Waals surface area contributed by atoms with E-state index >= 15 is 0 Å². The first-order chi connectivity index (χ1) is 7.89. The van der Waals surface area contributed by atoms with Crippen LogP contribution in [0.5, 0.6) is 0 Å². The van der Waals surface area contributed by atoms with E-state index in [2.05, 4.69) is 4.98 Å². The Kier molecular flexibility index (Phi) is 2.89. The van der Waals surface area contributed by atoms with Gasteiger partial charge in [-0.2, -0.15) is 0 Å². The van der Waals surface area contributed by atoms with Gasteiger partial charge in [-0.15, -0.1) is 0 Å². The number of hydrogen-bond donors (Lipinski definition) is 1. The molecular weight excluding hydrogens is 236 g/mol. The van der Waals surface area contributed by atoms with E-state index in [4.69, 9.17) is 5.14 Å². The molecule has 0 bridgehead atoms. The lowest BCUT2D eigenvalue weighted by atomic mass is 10.0. The number of nitrogens with zero attached hydrogens (tertiary/aromatic N) is 1. The van der Waals surface area contributed by atoms with Crippen molar-refractivity contribution in [2.75, 3.05) is 0 Å². The highest BCUT2D eigenvalue weighted by Crippen LogP contribution is 2.27. The predicted molar refractivity (Wildman–Crippen MR) is 67.2 cm³/mol. The van der Waals surface area contributed by atoms with E-state index in [1.54, 1.807) is 24.5 Å². The van der Waals surface area contributed by atoms with Gasteiger partial charge >= 0.3 is 0 Å². The van der Waals surface area contributed by atoms with Gasteiger partial charge in [-0.05, 0) is 29.7 Å². The van der Waals surface area contributed by atoms with Crippen LogP contribution in [0, 0.1) is 0 Å². The maximum atomic E-state index is 11.6. The summed E-state index contributed by atoms with van der Waals surface area (Å²) >= 11 is 0. The van der Waals surface area contributed by atoms with Crippen LogP contribution in [0.1, 0.15) is 25.3 Å². The van der Waals surface area contributed by atoms with Crippen LogP contribution < -0.4 is 5.14 Å². The Morgan fingerprint density at radius 2 is 2.00 bits per heavy atom. The fourth-order valence-corrected chi connectivity index (χ4v) is 2.56. The molecule has 4 nitrogen and oxygen atoms in total. The molecule has 1 aromatic carbocycles. The molecule has 0 unspecified atom stereocenters. The first-order valence-electron chi connectivity index (χ1n) is 5.30. The fraction of sp³-hybridized carbons (Fsp3) is 0.250. The third-order valence-electron chi connectivity index (χ3n) is 2.71. The number of primary sulfonamides is 1. The van der Waals surface area contributed by atoms with E-state index in [9.17, 15) is 8.42 Å². The number of fused-ring (bicyclic) bond motifs is 1. The van der Waals surface area contributed by atoms with Crippen molar-refractivity contribution in [1.29, 1.82) is 0 Å². The lowest BCUT2D eigenvalue weighted by Crippen LogP contribution is -2.13. The zero-order valence-corrected chi connectivity index (χ0v) is 10.5. The van der Waals surface area contributed by atoms with Crippen LogP contribution in [0.2, 0.25) is 0 Å². The molecule has 1 aromatic heterocycles. The van der Waals surface area contributed by atoms with Crippen molar-refractivity contribution in [3.8, 4) is 0 Å². The third-order valence-corrected chi connectivity index (χ3v) is 3.66. The number of benzene rings is 1. The minimum absolute atomic E-state index is 0.168. The molecule has 0 aliphatic rings. The van der Waals surface area contributed by atoms with Crippen molar-refractivity contribution < 1.29 is 8.42 Å². The van der Waals surface area contributed by atoms with Crippen molar-refractivity contribution in [3.05, 3.63) is 36.2 Å². The lowest BCUT2D eigenvalue weighted by molar-refractivity contribution is 0.598. The Bertz CT molecular complexity index is 663. The number of sulfonamides is 1. The minimum atomic E-state index is -3.71. The normalized spacial score (nSPS) is 12.2. The Hall–Kier alpha value is -1.46. The molecule has 2 N–H and O–H groups in total. The number of rotatable bonds is 2. The highest BCUT2D eigenvalue weighted by molar-refractivity contribution is 7.89. The van der Waals surface area contributed by atoms with Gasteiger partial charge in [0.25, 0.3) is 0 Å². The van der Waals surface area contributed by atoms with E-state index in [-0.39, 0.29) is 10.8 Å². The molecule has 2 aromatic rings. The highest BCUT2D eigenvalue weighted by atomic mass is 32.2. The van der Waals surface area contributed by atoms with Crippen molar-refractivity contribution >= 4 is 20.8 Å². The Labute approximate surface area is 101 Å². The monoisotopic (exact) mass is 250 g/mol. The molecule has 0 radical (unpaired) electrons. The van der Waals surface area contributed by atoms with Gasteiger partial charge in [0.15, 0.2) is 0 Å². The molecule has 0 atom stereocenters. The van der Waals surface area contributed by atoms with E-state index < -0.39 is 10.0 Å². The summed E-state index contributed by atoms with van der Waals surface area (Å²) in [6.45, 7) is 4.01. The number of aromatic nitrogens is 1. The van der Waals surface area contributed by atoms with Crippen molar-refractivity contribution in [2.24, 2.45) is 5.14 Å². The average molecular weight is 250 g/mol. The summed E-state index contributed by atoms with van der Waals surface area (Å²) in [5.41, 5.74) is 0.939. The number of nitrogens with two attached hydrogens (primary N) is 1. The standard InChI is InChI=1S/C12H14N2O2S/c1-8(2)9-5-10-7-14-4-3-11(10)12(6-9)17(13,15)16/h3-8H,1-2H3,(H2,13,15,16). The number of pyridine rings is 1. The van der Waals surface area contributed by atoms with E-state index in [1.165, 1.54) is 0 Å². The molecule has 0 amide bonds. The molecule has 5 heteroatoms. The maximum Gasteiger partial charge on any atom is 0.238 e. The van der Waals surface area contributed by atoms with Crippen LogP contribution in [0.25, 0.3) is 10.8 Å². The Morgan fingerprint density at radius 3 is 2.59 bits per heavy atom. The first kappa shape index (κ1) is 12.0. The molecule has 90 valence electrons. The van der Waals surface area contributed by atoms with Crippen LogP contribution in [-0.4, -0.2) is 13.4 Å². The van der Waals surface area contributed by atoms with Gasteiger partial charge in [0.05, 0.1) is 4.90 Å². The molecular formula is C12H14N2O2S. The molecule has 0 fully saturated rings. The van der Waals surface area contributed by atoms with Gasteiger partial charge in [0, 0.05) is 23.2 Å². The lowest BCUT2D eigenvalue weighted by Gasteiger charge is -2.10. The minimum Gasteiger partial charge on any atom is -0.264 e. The van der Waals surface area contributed by atoms with Gasteiger partial charge in [-0.3, -0.25) is 4.98 Å². The highest BCUT2D eigenvalue weighted by Gasteiger charge is 2.15. The van der Waals surface area contributed by atoms with Crippen molar-refractivity contribution in [2.45, 2.75) is 24.7 Å². The zero-order valence-electron chi connectivity index (χ0n) is 9.71. The maximum absolute atomic E-state index is 11.6. The van der Waals surface area contributed by atoms with Gasteiger partial charge in [-0.25, -0.2) is 13.6 Å². The Morgan fingerprint density at radius 1 is 1.29 bits per heavy atom. The molecule has 1 heterocycles. The van der Waals surface area contributed by atoms with Crippen LogP contribution in [-0.2, 0) is 10.0 Å². The molecule has 0 aliphatic carbocycles. The quantitative estimate of drug-likeness (QED) is 0.886. The van der Waals surface area contributed by atoms with Crippen molar-refractivity contribution in [3.63, 3.8) is 0 Å². The van der Waals surface area contributed by atoms with Gasteiger partial charge in [0.2, 0.25) is 10.0 Å². The van der Waals surface area contributed by atoms with Gasteiger partial charge < -0.3 is 0 Å². The third kappa shape index (κ3) is 2.30. The Balaban J connectivity index is 2.88. The molecule has 0 aliphatic heterocycles. The first-order valence-corrected chi connectivity index (χ1v) is 6.84. The van der Waals surface area contributed by atoms with Crippen LogP contribution in [0.15, 0.2) is 35.5 Å². The SMILES string of the molecule is CC(C)c1cc(S(N)(=O)=O)c2ccncc2c1. The van der Waals surface area contributed by atoms with Gasteiger partial charge in [-0.1, -0.05) is 13.8 Å². The summed E-state index contributed by atoms with van der Waals surface area (Å²) in [5, 5.41) is 6.66. The van der Waals surface area contributed by atoms with Gasteiger partial charge in [0.1, 0.15) is 0 Å². The molecule has 0 saturated heterocycles. The number of hydrogen-bond acceptors (Lipinski definition) is 3. The predicted octanol–water partition coefficient (Wildman–Crippen LogP) is 2.01. The van der Waals surface area contributed by atoms with Crippen molar-refractivity contribution in [1.82, 2.24) is 4.98 Å². The smallest absolute Gasteiger partial charge is 0.238 e. The van der Waals surface area contributed by atoms with E-state index in [0.29, 0.717) is 5.39 Å². The molecule has 17 heavy (non-hydrogen) atoms. The molecule has 2 rings (SSSR count). The van der Waals surface area contributed by atoms with Crippen LogP contribution in [0.4, 0.5) is 0 Å². The summed E-state index contributed by atoms with van der Waals surface area (Å²) < 4.78 is 23.2. The summed E-state index contributed by atoms with van der Waals surface area (Å²) in [4.78, 5) is 4.17. The molecule has 0 spiro atoms. The van der Waals surface area contributed by atoms with E-state index in [1.807, 2.05) is 19.9 Å².